The van der Waals surface area contributed by atoms with Crippen LogP contribution in [0.2, 0.25) is 5.02 Å². The standard InChI is InChI=1S/C14H17ClF2N2O.ClH/c1-2-19(8-10-5-3-4-6-11(10)15)13(20)12-7-14(16,17)9-18-12;/h3-6,12,18H,2,7-9H2,1H3;1H. The van der Waals surface area contributed by atoms with E-state index in [1.165, 1.54) is 0 Å². The van der Waals surface area contributed by atoms with Crippen molar-refractivity contribution in [2.24, 2.45) is 0 Å². The van der Waals surface area contributed by atoms with Crippen LogP contribution in [-0.4, -0.2) is 35.9 Å². The Kier molecular flexibility index (Phi) is 6.38. The molecule has 7 heteroatoms. The molecule has 1 saturated heterocycles. The molecule has 1 heterocycles. The molecule has 1 aliphatic heterocycles. The summed E-state index contributed by atoms with van der Waals surface area (Å²) in [5.41, 5.74) is 0.814. The Bertz CT molecular complexity index is 500. The number of alkyl halides is 2. The first-order chi connectivity index (χ1) is 9.43. The molecule has 0 aromatic heterocycles. The number of rotatable bonds is 4. The molecule has 3 nitrogen and oxygen atoms in total. The maximum atomic E-state index is 13.2. The molecular weight excluding hydrogens is 321 g/mol. The molecule has 118 valence electrons. The SMILES string of the molecule is CCN(Cc1ccccc1Cl)C(=O)C1CC(F)(F)CN1.Cl. The van der Waals surface area contributed by atoms with Crippen LogP contribution in [0.25, 0.3) is 0 Å². The van der Waals surface area contributed by atoms with Crippen LogP contribution in [0, 0.1) is 0 Å². The summed E-state index contributed by atoms with van der Waals surface area (Å²) >= 11 is 6.06. The van der Waals surface area contributed by atoms with Gasteiger partial charge in [0.1, 0.15) is 0 Å². The zero-order valence-electron chi connectivity index (χ0n) is 11.6. The minimum Gasteiger partial charge on any atom is -0.337 e. The fourth-order valence-corrected chi connectivity index (χ4v) is 2.48. The van der Waals surface area contributed by atoms with Gasteiger partial charge in [-0.15, -0.1) is 12.4 Å². The topological polar surface area (TPSA) is 32.3 Å². The summed E-state index contributed by atoms with van der Waals surface area (Å²) in [6, 6.07) is 6.41. The van der Waals surface area contributed by atoms with Gasteiger partial charge in [0.25, 0.3) is 5.92 Å². The van der Waals surface area contributed by atoms with Gasteiger partial charge in [0.15, 0.2) is 0 Å². The zero-order chi connectivity index (χ0) is 14.8. The van der Waals surface area contributed by atoms with Gasteiger partial charge in [-0.25, -0.2) is 8.78 Å². The van der Waals surface area contributed by atoms with Gasteiger partial charge in [-0.05, 0) is 18.6 Å². The lowest BCUT2D eigenvalue weighted by molar-refractivity contribution is -0.134. The Hall–Kier alpha value is -0.910. The fourth-order valence-electron chi connectivity index (χ4n) is 2.29. The van der Waals surface area contributed by atoms with Gasteiger partial charge in [-0.1, -0.05) is 29.8 Å². The third-order valence-corrected chi connectivity index (χ3v) is 3.79. The zero-order valence-corrected chi connectivity index (χ0v) is 13.2. The Labute approximate surface area is 134 Å². The number of carbonyl (C=O) groups excluding carboxylic acids is 1. The molecule has 1 fully saturated rings. The van der Waals surface area contributed by atoms with E-state index in [2.05, 4.69) is 5.32 Å². The second-order valence-corrected chi connectivity index (χ2v) is 5.34. The second kappa shape index (κ2) is 7.38. The summed E-state index contributed by atoms with van der Waals surface area (Å²) in [5.74, 6) is -3.10. The van der Waals surface area contributed by atoms with Crippen LogP contribution in [0.4, 0.5) is 8.78 Å². The first-order valence-electron chi connectivity index (χ1n) is 6.56. The number of likely N-dealkylation sites (N-methyl/N-ethyl adjacent to an activating group) is 1. The van der Waals surface area contributed by atoms with E-state index >= 15 is 0 Å². The van der Waals surface area contributed by atoms with Crippen molar-refractivity contribution in [3.63, 3.8) is 0 Å². The molecule has 0 radical (unpaired) electrons. The number of nitrogens with zero attached hydrogens (tertiary/aromatic N) is 1. The average molecular weight is 339 g/mol. The number of hydrogen-bond donors (Lipinski definition) is 1. The third-order valence-electron chi connectivity index (χ3n) is 3.42. The lowest BCUT2D eigenvalue weighted by Gasteiger charge is -2.24. The molecule has 0 aliphatic carbocycles. The summed E-state index contributed by atoms with van der Waals surface area (Å²) in [4.78, 5) is 13.8. The maximum Gasteiger partial charge on any atom is 0.262 e. The van der Waals surface area contributed by atoms with Crippen LogP contribution in [-0.2, 0) is 11.3 Å². The Morgan fingerprint density at radius 3 is 2.67 bits per heavy atom. The average Bonchev–Trinajstić information content (AvgIpc) is 2.77. The van der Waals surface area contributed by atoms with E-state index in [1.807, 2.05) is 25.1 Å². The molecule has 1 atom stereocenters. The molecule has 1 unspecified atom stereocenters. The largest absolute Gasteiger partial charge is 0.337 e. The van der Waals surface area contributed by atoms with Crippen LogP contribution in [0.5, 0.6) is 0 Å². The second-order valence-electron chi connectivity index (χ2n) is 4.94. The molecular formula is C14H18Cl2F2N2O. The number of benzene rings is 1. The number of amides is 1. The van der Waals surface area contributed by atoms with Crippen molar-refractivity contribution < 1.29 is 13.6 Å². The third kappa shape index (κ3) is 4.53. The lowest BCUT2D eigenvalue weighted by atomic mass is 10.1. The van der Waals surface area contributed by atoms with Crippen molar-refractivity contribution in [1.29, 1.82) is 0 Å². The summed E-state index contributed by atoms with van der Waals surface area (Å²) in [6.07, 6.45) is -0.440. The number of carbonyl (C=O) groups is 1. The molecule has 0 bridgehead atoms. The molecule has 1 aromatic rings. The van der Waals surface area contributed by atoms with E-state index in [9.17, 15) is 13.6 Å². The van der Waals surface area contributed by atoms with Crippen LogP contribution < -0.4 is 5.32 Å². The normalized spacial score (nSPS) is 19.9. The Balaban J connectivity index is 0.00000220. The molecule has 0 saturated carbocycles. The highest BCUT2D eigenvalue weighted by Crippen LogP contribution is 2.26. The van der Waals surface area contributed by atoms with Crippen LogP contribution in [0.1, 0.15) is 18.9 Å². The minimum absolute atomic E-state index is 0. The van der Waals surface area contributed by atoms with E-state index in [0.29, 0.717) is 18.1 Å². The van der Waals surface area contributed by atoms with Crippen LogP contribution in [0.3, 0.4) is 0 Å². The van der Waals surface area contributed by atoms with E-state index in [1.54, 1.807) is 11.0 Å². The number of nitrogens with one attached hydrogen (secondary N) is 1. The highest BCUT2D eigenvalue weighted by Gasteiger charge is 2.43. The van der Waals surface area contributed by atoms with Crippen molar-refractivity contribution >= 4 is 29.9 Å². The van der Waals surface area contributed by atoms with Gasteiger partial charge in [-0.2, -0.15) is 0 Å². The quantitative estimate of drug-likeness (QED) is 0.914. The van der Waals surface area contributed by atoms with Gasteiger partial charge < -0.3 is 4.90 Å². The summed E-state index contributed by atoms with van der Waals surface area (Å²) < 4.78 is 26.3. The Morgan fingerprint density at radius 2 is 2.14 bits per heavy atom. The van der Waals surface area contributed by atoms with Gasteiger partial charge in [0, 0.05) is 24.5 Å². The summed E-state index contributed by atoms with van der Waals surface area (Å²) in [5, 5.41) is 3.16. The highest BCUT2D eigenvalue weighted by molar-refractivity contribution is 6.31. The number of halogens is 4. The molecule has 1 N–H and O–H groups in total. The van der Waals surface area contributed by atoms with Gasteiger partial charge in [0.05, 0.1) is 12.6 Å². The van der Waals surface area contributed by atoms with E-state index in [4.69, 9.17) is 11.6 Å². The predicted octanol–water partition coefficient (Wildman–Crippen LogP) is 3.11. The smallest absolute Gasteiger partial charge is 0.262 e. The van der Waals surface area contributed by atoms with Gasteiger partial charge in [-0.3, -0.25) is 10.1 Å². The number of hydrogen-bond acceptors (Lipinski definition) is 2. The lowest BCUT2D eigenvalue weighted by Crippen LogP contribution is -2.43. The van der Waals surface area contributed by atoms with Crippen molar-refractivity contribution in [1.82, 2.24) is 10.2 Å². The monoisotopic (exact) mass is 338 g/mol. The fraction of sp³-hybridized carbons (Fsp3) is 0.500. The molecule has 0 spiro atoms. The van der Waals surface area contributed by atoms with Crippen LogP contribution in [0.15, 0.2) is 24.3 Å². The van der Waals surface area contributed by atoms with Gasteiger partial charge >= 0.3 is 0 Å². The van der Waals surface area contributed by atoms with Crippen LogP contribution >= 0.6 is 24.0 Å². The molecule has 2 rings (SSSR count). The van der Waals surface area contributed by atoms with E-state index in [0.717, 1.165) is 5.56 Å². The van der Waals surface area contributed by atoms with E-state index < -0.39 is 24.9 Å². The minimum atomic E-state index is -2.80. The van der Waals surface area contributed by atoms with Crippen molar-refractivity contribution in [2.75, 3.05) is 13.1 Å². The van der Waals surface area contributed by atoms with Crippen molar-refractivity contribution in [3.8, 4) is 0 Å². The molecule has 1 amide bonds. The molecule has 21 heavy (non-hydrogen) atoms. The first kappa shape index (κ1) is 18.1. The highest BCUT2D eigenvalue weighted by atomic mass is 35.5. The summed E-state index contributed by atoms with van der Waals surface area (Å²) in [6.45, 7) is 2.17. The first-order valence-corrected chi connectivity index (χ1v) is 6.94. The van der Waals surface area contributed by atoms with Gasteiger partial charge in [0.2, 0.25) is 5.91 Å². The Morgan fingerprint density at radius 1 is 1.48 bits per heavy atom. The van der Waals surface area contributed by atoms with E-state index in [-0.39, 0.29) is 18.3 Å². The van der Waals surface area contributed by atoms with Crippen molar-refractivity contribution in [2.45, 2.75) is 31.9 Å². The predicted molar refractivity (Wildman–Crippen MR) is 81.1 cm³/mol. The molecule has 1 aromatic carbocycles. The molecule has 1 aliphatic rings. The summed E-state index contributed by atoms with van der Waals surface area (Å²) in [7, 11) is 0. The maximum absolute atomic E-state index is 13.2. The van der Waals surface area contributed by atoms with Crippen molar-refractivity contribution in [3.05, 3.63) is 34.9 Å².